The Labute approximate surface area is 133 Å². The Kier molecular flexibility index (Phi) is 4.46. The van der Waals surface area contributed by atoms with Crippen LogP contribution in [0.15, 0.2) is 23.1 Å². The molecular formula is C18H27NOS. The molecule has 1 aliphatic heterocycles. The number of hydrogen-bond acceptors (Lipinski definition) is 3. The molecule has 0 atom stereocenters. The van der Waals surface area contributed by atoms with Crippen LogP contribution in [0, 0.1) is 0 Å². The number of allylic oxidation sites excluding steroid dienone is 1. The van der Waals surface area contributed by atoms with Crippen molar-refractivity contribution >= 4 is 11.9 Å². The van der Waals surface area contributed by atoms with Crippen molar-refractivity contribution in [3.8, 4) is 5.75 Å². The van der Waals surface area contributed by atoms with Gasteiger partial charge in [-0.15, -0.1) is 0 Å². The zero-order chi connectivity index (χ0) is 15.8. The highest BCUT2D eigenvalue weighted by Gasteiger charge is 2.26. The minimum Gasteiger partial charge on any atom is -0.507 e. The van der Waals surface area contributed by atoms with Crippen LogP contribution < -0.4 is 4.72 Å². The van der Waals surface area contributed by atoms with Crippen LogP contribution in [0.1, 0.15) is 58.2 Å². The maximum atomic E-state index is 10.7. The van der Waals surface area contributed by atoms with Crippen LogP contribution in [-0.4, -0.2) is 11.7 Å². The standard InChI is InChI=1S/C18H27NOS/c1-17(2,3)14-10-12(9-13-7-8-19-21-13)11-15(16(14)20)18(4,5)6/h7,10-11,19-20H,8-9H2,1-6H3. The first kappa shape index (κ1) is 16.4. The van der Waals surface area contributed by atoms with E-state index in [1.165, 1.54) is 10.5 Å². The van der Waals surface area contributed by atoms with Crippen LogP contribution in [0.25, 0.3) is 0 Å². The summed E-state index contributed by atoms with van der Waals surface area (Å²) in [5.74, 6) is 0.463. The summed E-state index contributed by atoms with van der Waals surface area (Å²) in [7, 11) is 0. The Morgan fingerprint density at radius 1 is 1.05 bits per heavy atom. The monoisotopic (exact) mass is 305 g/mol. The number of phenols is 1. The molecule has 0 saturated carbocycles. The van der Waals surface area contributed by atoms with E-state index in [0.717, 1.165) is 24.1 Å². The number of phenolic OH excluding ortho intramolecular Hbond substituents is 1. The second kappa shape index (κ2) is 5.69. The lowest BCUT2D eigenvalue weighted by Gasteiger charge is -2.28. The lowest BCUT2D eigenvalue weighted by molar-refractivity contribution is 0.423. The van der Waals surface area contributed by atoms with Crippen molar-refractivity contribution in [1.82, 2.24) is 4.72 Å². The summed E-state index contributed by atoms with van der Waals surface area (Å²) in [6.45, 7) is 13.9. The van der Waals surface area contributed by atoms with Crippen molar-refractivity contribution in [3.63, 3.8) is 0 Å². The van der Waals surface area contributed by atoms with Gasteiger partial charge in [0, 0.05) is 17.9 Å². The van der Waals surface area contributed by atoms with E-state index < -0.39 is 0 Å². The third-order valence-corrected chi connectivity index (χ3v) is 4.66. The molecule has 0 aliphatic carbocycles. The van der Waals surface area contributed by atoms with Crippen LogP contribution in [0.2, 0.25) is 0 Å². The molecule has 2 N–H and O–H groups in total. The summed E-state index contributed by atoms with van der Waals surface area (Å²) in [4.78, 5) is 1.36. The number of aromatic hydroxyl groups is 1. The van der Waals surface area contributed by atoms with E-state index in [2.05, 4.69) is 64.5 Å². The molecule has 0 spiro atoms. The molecule has 0 aromatic heterocycles. The first-order chi connectivity index (χ1) is 9.59. The smallest absolute Gasteiger partial charge is 0.123 e. The second-order valence-electron chi connectivity index (χ2n) is 7.84. The van der Waals surface area contributed by atoms with E-state index in [9.17, 15) is 5.11 Å². The molecule has 1 aliphatic rings. The Balaban J connectivity index is 2.51. The van der Waals surface area contributed by atoms with Crippen molar-refractivity contribution in [2.75, 3.05) is 6.54 Å². The van der Waals surface area contributed by atoms with Gasteiger partial charge in [-0.05, 0) is 39.5 Å². The number of hydrogen-bond donors (Lipinski definition) is 2. The minimum absolute atomic E-state index is 0.0600. The summed E-state index contributed by atoms with van der Waals surface area (Å²) in [6.07, 6.45) is 3.18. The third kappa shape index (κ3) is 3.83. The molecule has 2 nitrogen and oxygen atoms in total. The number of rotatable bonds is 2. The predicted octanol–water partition coefficient (Wildman–Crippen LogP) is 4.67. The van der Waals surface area contributed by atoms with Gasteiger partial charge in [0.2, 0.25) is 0 Å². The molecule has 0 bridgehead atoms. The summed E-state index contributed by atoms with van der Waals surface area (Å²) >= 11 is 1.72. The third-order valence-electron chi connectivity index (χ3n) is 3.78. The average Bonchev–Trinajstić information content (AvgIpc) is 2.81. The van der Waals surface area contributed by atoms with Gasteiger partial charge in [-0.1, -0.05) is 59.8 Å². The Hall–Kier alpha value is -0.930. The highest BCUT2D eigenvalue weighted by atomic mass is 32.2. The molecule has 1 aromatic carbocycles. The highest BCUT2D eigenvalue weighted by Crippen LogP contribution is 2.40. The highest BCUT2D eigenvalue weighted by molar-refractivity contribution is 8.01. The van der Waals surface area contributed by atoms with Crippen molar-refractivity contribution in [1.29, 1.82) is 0 Å². The van der Waals surface area contributed by atoms with Gasteiger partial charge in [-0.2, -0.15) is 0 Å². The molecule has 116 valence electrons. The molecule has 0 amide bonds. The van der Waals surface area contributed by atoms with Crippen LogP contribution in [0.5, 0.6) is 5.75 Å². The lowest BCUT2D eigenvalue weighted by Crippen LogP contribution is -2.18. The van der Waals surface area contributed by atoms with Crippen molar-refractivity contribution < 1.29 is 5.11 Å². The zero-order valence-corrected chi connectivity index (χ0v) is 14.8. The molecule has 0 fully saturated rings. The molecule has 1 aromatic rings. The normalized spacial score (nSPS) is 16.2. The van der Waals surface area contributed by atoms with Gasteiger partial charge in [0.05, 0.1) is 0 Å². The number of nitrogens with one attached hydrogen (secondary N) is 1. The van der Waals surface area contributed by atoms with Gasteiger partial charge in [0.15, 0.2) is 0 Å². The van der Waals surface area contributed by atoms with Crippen LogP contribution in [0.3, 0.4) is 0 Å². The molecule has 2 rings (SSSR count). The van der Waals surface area contributed by atoms with Crippen molar-refractivity contribution in [2.24, 2.45) is 0 Å². The molecular weight excluding hydrogens is 278 g/mol. The summed E-state index contributed by atoms with van der Waals surface area (Å²) in [5, 5.41) is 10.7. The topological polar surface area (TPSA) is 32.3 Å². The van der Waals surface area contributed by atoms with Gasteiger partial charge in [0.25, 0.3) is 0 Å². The summed E-state index contributed by atoms with van der Waals surface area (Å²) in [5.41, 5.74) is 3.25. The molecule has 3 heteroatoms. The average molecular weight is 305 g/mol. The van der Waals surface area contributed by atoms with Gasteiger partial charge in [0.1, 0.15) is 5.75 Å². The van der Waals surface area contributed by atoms with Crippen LogP contribution in [-0.2, 0) is 17.3 Å². The fourth-order valence-electron chi connectivity index (χ4n) is 2.58. The predicted molar refractivity (Wildman–Crippen MR) is 92.9 cm³/mol. The first-order valence-corrected chi connectivity index (χ1v) is 8.36. The van der Waals surface area contributed by atoms with E-state index in [0.29, 0.717) is 5.75 Å². The second-order valence-corrected chi connectivity index (χ2v) is 8.85. The zero-order valence-electron chi connectivity index (χ0n) is 14.0. The Morgan fingerprint density at radius 2 is 1.57 bits per heavy atom. The van der Waals surface area contributed by atoms with E-state index in [1.807, 2.05) is 0 Å². The summed E-state index contributed by atoms with van der Waals surface area (Å²) in [6, 6.07) is 4.34. The lowest BCUT2D eigenvalue weighted by atomic mass is 9.78. The minimum atomic E-state index is -0.0600. The first-order valence-electron chi connectivity index (χ1n) is 7.54. The Morgan fingerprint density at radius 3 is 1.95 bits per heavy atom. The number of benzene rings is 1. The van der Waals surface area contributed by atoms with Crippen molar-refractivity contribution in [3.05, 3.63) is 39.8 Å². The van der Waals surface area contributed by atoms with Gasteiger partial charge in [-0.25, -0.2) is 0 Å². The Bertz CT molecular complexity index is 527. The van der Waals surface area contributed by atoms with E-state index in [4.69, 9.17) is 0 Å². The SMILES string of the molecule is CC(C)(C)c1cc(CC2=CCNS2)cc(C(C)(C)C)c1O. The van der Waals surface area contributed by atoms with Gasteiger partial charge < -0.3 is 5.11 Å². The molecule has 21 heavy (non-hydrogen) atoms. The van der Waals surface area contributed by atoms with Crippen LogP contribution in [0.4, 0.5) is 0 Å². The molecule has 1 heterocycles. The largest absolute Gasteiger partial charge is 0.507 e. The van der Waals surface area contributed by atoms with E-state index >= 15 is 0 Å². The van der Waals surface area contributed by atoms with Crippen molar-refractivity contribution in [2.45, 2.75) is 58.8 Å². The fraction of sp³-hybridized carbons (Fsp3) is 0.556. The van der Waals surface area contributed by atoms with Crippen LogP contribution >= 0.6 is 11.9 Å². The molecule has 0 unspecified atom stereocenters. The maximum absolute atomic E-state index is 10.7. The summed E-state index contributed by atoms with van der Waals surface area (Å²) < 4.78 is 3.27. The molecule has 0 radical (unpaired) electrons. The quantitative estimate of drug-likeness (QED) is 0.779. The van der Waals surface area contributed by atoms with E-state index in [-0.39, 0.29) is 10.8 Å². The fourth-order valence-corrected chi connectivity index (χ4v) is 3.34. The molecule has 0 saturated heterocycles. The van der Waals surface area contributed by atoms with E-state index in [1.54, 1.807) is 11.9 Å². The maximum Gasteiger partial charge on any atom is 0.123 e. The van der Waals surface area contributed by atoms with Gasteiger partial charge >= 0.3 is 0 Å². The van der Waals surface area contributed by atoms with Gasteiger partial charge in [-0.3, -0.25) is 4.72 Å².